The Morgan fingerprint density at radius 1 is 1.30 bits per heavy atom. The topological polar surface area (TPSA) is 78.0 Å². The monoisotopic (exact) mass is 275 g/mol. The number of aromatic nitrogens is 1. The van der Waals surface area contributed by atoms with Crippen molar-refractivity contribution in [2.24, 2.45) is 10.9 Å². The minimum atomic E-state index is 0.133. The molecule has 2 fully saturated rings. The molecule has 0 spiro atoms. The van der Waals surface area contributed by atoms with E-state index >= 15 is 0 Å². The zero-order valence-electron chi connectivity index (χ0n) is 11.8. The van der Waals surface area contributed by atoms with Crippen LogP contribution in [0.4, 0.5) is 5.82 Å². The molecule has 1 aromatic rings. The van der Waals surface area contributed by atoms with Gasteiger partial charge in [-0.3, -0.25) is 4.90 Å². The number of hydrogen-bond acceptors (Lipinski definition) is 5. The third kappa shape index (κ3) is 2.70. The van der Waals surface area contributed by atoms with Gasteiger partial charge in [0.25, 0.3) is 0 Å². The number of nitrogens with zero attached hydrogens (tertiary/aromatic N) is 4. The Morgan fingerprint density at radius 3 is 2.60 bits per heavy atom. The molecule has 2 aliphatic rings. The molecule has 3 rings (SSSR count). The summed E-state index contributed by atoms with van der Waals surface area (Å²) in [6.45, 7) is 6.10. The molecule has 0 bridgehead atoms. The highest BCUT2D eigenvalue weighted by molar-refractivity contribution is 5.97. The van der Waals surface area contributed by atoms with Crippen molar-refractivity contribution in [1.82, 2.24) is 9.88 Å². The van der Waals surface area contributed by atoms with E-state index in [2.05, 4.69) is 19.9 Å². The summed E-state index contributed by atoms with van der Waals surface area (Å²) in [5, 5.41) is 11.9. The molecule has 6 heteroatoms. The van der Waals surface area contributed by atoms with Crippen molar-refractivity contribution in [3.8, 4) is 0 Å². The number of piperazine rings is 1. The number of rotatable bonds is 3. The molecule has 0 atom stereocenters. The zero-order valence-corrected chi connectivity index (χ0v) is 11.8. The number of nitrogens with two attached hydrogens (primary N) is 1. The molecular formula is C14H21N5O. The van der Waals surface area contributed by atoms with E-state index in [9.17, 15) is 0 Å². The van der Waals surface area contributed by atoms with Crippen LogP contribution in [0.2, 0.25) is 0 Å². The number of amidine groups is 1. The van der Waals surface area contributed by atoms with Gasteiger partial charge in [0, 0.05) is 43.5 Å². The maximum absolute atomic E-state index is 8.81. The third-order valence-corrected chi connectivity index (χ3v) is 4.04. The molecule has 0 unspecified atom stereocenters. The van der Waals surface area contributed by atoms with Crippen molar-refractivity contribution < 1.29 is 5.21 Å². The first kappa shape index (κ1) is 13.2. The van der Waals surface area contributed by atoms with Gasteiger partial charge in [0.05, 0.1) is 0 Å². The van der Waals surface area contributed by atoms with Crippen molar-refractivity contribution in [3.63, 3.8) is 0 Å². The van der Waals surface area contributed by atoms with Gasteiger partial charge in [0.2, 0.25) is 0 Å². The molecule has 1 aliphatic heterocycles. The lowest BCUT2D eigenvalue weighted by atomic mass is 10.2. The van der Waals surface area contributed by atoms with E-state index in [-0.39, 0.29) is 5.84 Å². The summed E-state index contributed by atoms with van der Waals surface area (Å²) < 4.78 is 0. The second-order valence-corrected chi connectivity index (χ2v) is 5.59. The third-order valence-electron chi connectivity index (χ3n) is 4.04. The Labute approximate surface area is 118 Å². The van der Waals surface area contributed by atoms with E-state index in [4.69, 9.17) is 10.9 Å². The quantitative estimate of drug-likeness (QED) is 0.369. The number of oxime groups is 1. The average Bonchev–Trinajstić information content (AvgIpc) is 3.30. The van der Waals surface area contributed by atoms with Gasteiger partial charge >= 0.3 is 0 Å². The summed E-state index contributed by atoms with van der Waals surface area (Å²) in [6.07, 6.45) is 2.71. The molecule has 0 amide bonds. The lowest BCUT2D eigenvalue weighted by Crippen LogP contribution is -2.47. The highest BCUT2D eigenvalue weighted by atomic mass is 16.4. The van der Waals surface area contributed by atoms with Gasteiger partial charge in [-0.05, 0) is 31.9 Å². The summed E-state index contributed by atoms with van der Waals surface area (Å²) in [4.78, 5) is 9.42. The molecule has 1 aliphatic carbocycles. The van der Waals surface area contributed by atoms with Crippen LogP contribution in [0, 0.1) is 6.92 Å². The van der Waals surface area contributed by atoms with Gasteiger partial charge in [-0.15, -0.1) is 0 Å². The maximum atomic E-state index is 8.81. The fraction of sp³-hybridized carbons (Fsp3) is 0.571. The van der Waals surface area contributed by atoms with Gasteiger partial charge in [-0.2, -0.15) is 0 Å². The molecule has 6 nitrogen and oxygen atoms in total. The summed E-state index contributed by atoms with van der Waals surface area (Å²) in [5.41, 5.74) is 7.28. The Morgan fingerprint density at radius 2 is 2.00 bits per heavy atom. The minimum absolute atomic E-state index is 0.133. The predicted octanol–water partition coefficient (Wildman–Crippen LogP) is 0.769. The lowest BCUT2D eigenvalue weighted by Gasteiger charge is -2.35. The molecule has 0 radical (unpaired) electrons. The molecule has 3 N–H and O–H groups in total. The Bertz CT molecular complexity index is 518. The summed E-state index contributed by atoms with van der Waals surface area (Å²) >= 11 is 0. The normalized spacial score (nSPS) is 21.2. The first-order valence-electron chi connectivity index (χ1n) is 7.13. The van der Waals surface area contributed by atoms with Crippen molar-refractivity contribution in [2.75, 3.05) is 31.1 Å². The van der Waals surface area contributed by atoms with Crippen molar-refractivity contribution in [3.05, 3.63) is 23.4 Å². The van der Waals surface area contributed by atoms with Gasteiger partial charge in [-0.1, -0.05) is 5.16 Å². The first-order chi connectivity index (χ1) is 9.67. The van der Waals surface area contributed by atoms with E-state index in [1.165, 1.54) is 12.8 Å². The van der Waals surface area contributed by atoms with Crippen LogP contribution in [-0.4, -0.2) is 53.1 Å². The van der Waals surface area contributed by atoms with Crippen LogP contribution in [0.15, 0.2) is 17.3 Å². The fourth-order valence-corrected chi connectivity index (χ4v) is 2.77. The highest BCUT2D eigenvalue weighted by Gasteiger charge is 2.31. The zero-order chi connectivity index (χ0) is 14.1. The predicted molar refractivity (Wildman–Crippen MR) is 78.3 cm³/mol. The molecule has 108 valence electrons. The van der Waals surface area contributed by atoms with Crippen molar-refractivity contribution in [2.45, 2.75) is 25.8 Å². The van der Waals surface area contributed by atoms with Crippen LogP contribution >= 0.6 is 0 Å². The van der Waals surface area contributed by atoms with Crippen LogP contribution < -0.4 is 10.6 Å². The van der Waals surface area contributed by atoms with Crippen molar-refractivity contribution >= 4 is 11.7 Å². The molecular weight excluding hydrogens is 254 g/mol. The Balaban J connectivity index is 1.75. The van der Waals surface area contributed by atoms with Gasteiger partial charge in [0.15, 0.2) is 5.84 Å². The van der Waals surface area contributed by atoms with E-state index in [0.717, 1.165) is 49.3 Å². The summed E-state index contributed by atoms with van der Waals surface area (Å²) in [7, 11) is 0. The minimum Gasteiger partial charge on any atom is -0.409 e. The van der Waals surface area contributed by atoms with Crippen LogP contribution in [0.3, 0.4) is 0 Å². The highest BCUT2D eigenvalue weighted by Crippen LogP contribution is 2.28. The lowest BCUT2D eigenvalue weighted by molar-refractivity contribution is 0.247. The summed E-state index contributed by atoms with van der Waals surface area (Å²) in [5.74, 6) is 1.05. The molecule has 20 heavy (non-hydrogen) atoms. The SMILES string of the molecule is Cc1cc(/C(N)=N/O)cc(N2CCN(C3CC3)CC2)n1. The Hall–Kier alpha value is -1.82. The van der Waals surface area contributed by atoms with Crippen LogP contribution in [0.25, 0.3) is 0 Å². The van der Waals surface area contributed by atoms with E-state index in [1.807, 2.05) is 19.1 Å². The number of aryl methyl sites for hydroxylation is 1. The standard InChI is InChI=1S/C14H21N5O/c1-10-8-11(14(15)17-20)9-13(16-10)19-6-4-18(5-7-19)12-2-3-12/h8-9,12,20H,2-7H2,1H3,(H2,15,17). The smallest absolute Gasteiger partial charge is 0.170 e. The average molecular weight is 275 g/mol. The van der Waals surface area contributed by atoms with Gasteiger partial charge < -0.3 is 15.8 Å². The summed E-state index contributed by atoms with van der Waals surface area (Å²) in [6, 6.07) is 4.56. The van der Waals surface area contributed by atoms with E-state index in [0.29, 0.717) is 0 Å². The van der Waals surface area contributed by atoms with Crippen LogP contribution in [0.5, 0.6) is 0 Å². The second kappa shape index (κ2) is 5.28. The number of pyridine rings is 1. The van der Waals surface area contributed by atoms with Crippen LogP contribution in [0.1, 0.15) is 24.1 Å². The maximum Gasteiger partial charge on any atom is 0.170 e. The molecule has 1 aromatic heterocycles. The van der Waals surface area contributed by atoms with Crippen LogP contribution in [-0.2, 0) is 0 Å². The largest absolute Gasteiger partial charge is 0.409 e. The first-order valence-corrected chi connectivity index (χ1v) is 7.13. The van der Waals surface area contributed by atoms with Crippen molar-refractivity contribution in [1.29, 1.82) is 0 Å². The van der Waals surface area contributed by atoms with E-state index in [1.54, 1.807) is 0 Å². The number of anilines is 1. The fourth-order valence-electron chi connectivity index (χ4n) is 2.77. The van der Waals surface area contributed by atoms with E-state index < -0.39 is 0 Å². The second-order valence-electron chi connectivity index (χ2n) is 5.59. The molecule has 0 aromatic carbocycles. The molecule has 1 saturated carbocycles. The number of hydrogen-bond donors (Lipinski definition) is 2. The molecule has 1 saturated heterocycles. The van der Waals surface area contributed by atoms with Gasteiger partial charge in [0.1, 0.15) is 5.82 Å². The molecule has 2 heterocycles. The van der Waals surface area contributed by atoms with Gasteiger partial charge in [-0.25, -0.2) is 4.98 Å². The Kier molecular flexibility index (Phi) is 3.48.